The lowest BCUT2D eigenvalue weighted by molar-refractivity contribution is -0.130. The molecule has 0 unspecified atom stereocenters. The van der Waals surface area contributed by atoms with Crippen molar-refractivity contribution in [2.75, 3.05) is 7.05 Å². The van der Waals surface area contributed by atoms with Gasteiger partial charge < -0.3 is 0 Å². The van der Waals surface area contributed by atoms with Crippen molar-refractivity contribution < 1.29 is 4.79 Å². The molecule has 0 bridgehead atoms. The summed E-state index contributed by atoms with van der Waals surface area (Å²) in [5, 5.41) is 22.8. The highest BCUT2D eigenvalue weighted by Gasteiger charge is 2.17. The molecule has 21 heavy (non-hydrogen) atoms. The number of amides is 1. The van der Waals surface area contributed by atoms with Gasteiger partial charge in [0, 0.05) is 19.9 Å². The lowest BCUT2D eigenvalue weighted by atomic mass is 10.0. The summed E-state index contributed by atoms with van der Waals surface area (Å²) in [4.78, 5) is 15.3. The maximum absolute atomic E-state index is 11.4. The first-order chi connectivity index (χ1) is 10.1. The van der Waals surface area contributed by atoms with Crippen molar-refractivity contribution in [2.24, 2.45) is 10.1 Å². The first-order valence-corrected chi connectivity index (χ1v) is 6.42. The summed E-state index contributed by atoms with van der Waals surface area (Å²) in [6.45, 7) is 0.293. The molecule has 0 radical (unpaired) electrons. The molecule has 0 aromatic heterocycles. The first-order valence-electron chi connectivity index (χ1n) is 6.42. The van der Waals surface area contributed by atoms with Gasteiger partial charge in [-0.25, -0.2) is 5.01 Å². The van der Waals surface area contributed by atoms with E-state index in [1.807, 2.05) is 24.3 Å². The Bertz CT molecular complexity index is 672. The molecule has 1 heterocycles. The molecule has 6 nitrogen and oxygen atoms in total. The number of benzene rings is 1. The Balaban J connectivity index is 2.12. The molecular formula is C15H13N5O. The fourth-order valence-corrected chi connectivity index (χ4v) is 1.94. The quantitative estimate of drug-likeness (QED) is 0.787. The third-order valence-electron chi connectivity index (χ3n) is 3.13. The molecule has 104 valence electrons. The van der Waals surface area contributed by atoms with Crippen LogP contribution < -0.4 is 0 Å². The van der Waals surface area contributed by atoms with E-state index >= 15 is 0 Å². The zero-order valence-corrected chi connectivity index (χ0v) is 11.6. The zero-order chi connectivity index (χ0) is 15.2. The van der Waals surface area contributed by atoms with Crippen LogP contribution in [0.5, 0.6) is 0 Å². The van der Waals surface area contributed by atoms with Crippen LogP contribution in [0, 0.1) is 22.7 Å². The molecule has 0 atom stereocenters. The van der Waals surface area contributed by atoms with E-state index in [2.05, 4.69) is 10.1 Å². The summed E-state index contributed by atoms with van der Waals surface area (Å²) >= 11 is 0. The predicted octanol–water partition coefficient (Wildman–Crippen LogP) is 1.63. The SMILES string of the molecule is CN1N=C(c2ccc(CN=C(C#N)C#N)cc2)CCC1=O. The second-order valence-corrected chi connectivity index (χ2v) is 4.55. The number of hydrazone groups is 1. The number of hydrogen-bond acceptors (Lipinski definition) is 5. The third kappa shape index (κ3) is 3.52. The van der Waals surface area contributed by atoms with Gasteiger partial charge in [0.15, 0.2) is 0 Å². The van der Waals surface area contributed by atoms with Gasteiger partial charge in [-0.15, -0.1) is 0 Å². The number of aliphatic imine (C=N–C) groups is 1. The van der Waals surface area contributed by atoms with E-state index in [9.17, 15) is 4.79 Å². The molecule has 1 amide bonds. The van der Waals surface area contributed by atoms with Gasteiger partial charge in [-0.3, -0.25) is 9.79 Å². The lowest BCUT2D eigenvalue weighted by Gasteiger charge is -2.19. The molecule has 1 aromatic rings. The monoisotopic (exact) mass is 279 g/mol. The van der Waals surface area contributed by atoms with Gasteiger partial charge in [-0.1, -0.05) is 24.3 Å². The molecule has 0 spiro atoms. The largest absolute Gasteiger partial charge is 0.273 e. The van der Waals surface area contributed by atoms with Crippen molar-refractivity contribution in [1.82, 2.24) is 5.01 Å². The van der Waals surface area contributed by atoms with Crippen molar-refractivity contribution >= 4 is 17.3 Å². The summed E-state index contributed by atoms with van der Waals surface area (Å²) in [5.41, 5.74) is 2.61. The summed E-state index contributed by atoms with van der Waals surface area (Å²) < 4.78 is 0. The molecule has 0 saturated heterocycles. The van der Waals surface area contributed by atoms with Crippen LogP contribution in [0.2, 0.25) is 0 Å². The highest BCUT2D eigenvalue weighted by Crippen LogP contribution is 2.15. The number of nitriles is 2. The van der Waals surface area contributed by atoms with Gasteiger partial charge in [0.1, 0.15) is 12.1 Å². The highest BCUT2D eigenvalue weighted by molar-refractivity contribution is 6.10. The molecule has 0 N–H and O–H groups in total. The average molecular weight is 279 g/mol. The Kier molecular flexibility index (Phi) is 4.43. The Morgan fingerprint density at radius 2 is 1.95 bits per heavy atom. The molecule has 2 rings (SSSR count). The predicted molar refractivity (Wildman–Crippen MR) is 77.3 cm³/mol. The Labute approximate surface area is 122 Å². The molecule has 6 heteroatoms. The maximum Gasteiger partial charge on any atom is 0.242 e. The van der Waals surface area contributed by atoms with Crippen molar-refractivity contribution in [3.05, 3.63) is 35.4 Å². The Morgan fingerprint density at radius 3 is 2.52 bits per heavy atom. The van der Waals surface area contributed by atoms with E-state index < -0.39 is 0 Å². The van der Waals surface area contributed by atoms with Crippen LogP contribution in [0.25, 0.3) is 0 Å². The summed E-state index contributed by atoms with van der Waals surface area (Å²) in [6.07, 6.45) is 1.10. The normalized spacial score (nSPS) is 14.0. The van der Waals surface area contributed by atoms with E-state index in [1.54, 1.807) is 19.2 Å². The van der Waals surface area contributed by atoms with Crippen LogP contribution in [-0.4, -0.2) is 29.4 Å². The fraction of sp³-hybridized carbons (Fsp3) is 0.267. The molecule has 0 aliphatic carbocycles. The Morgan fingerprint density at radius 1 is 1.29 bits per heavy atom. The minimum absolute atomic E-state index is 0.0187. The van der Waals surface area contributed by atoms with E-state index in [0.29, 0.717) is 19.4 Å². The van der Waals surface area contributed by atoms with Crippen molar-refractivity contribution in [3.8, 4) is 12.1 Å². The standard InChI is InChI=1S/C15H13N5O/c1-20-15(21)7-6-14(19-20)12-4-2-11(3-5-12)10-18-13(8-16)9-17/h2-5H,6-7,10H2,1H3. The highest BCUT2D eigenvalue weighted by atomic mass is 16.2. The molecule has 1 aliphatic rings. The van der Waals surface area contributed by atoms with Crippen LogP contribution in [0.1, 0.15) is 24.0 Å². The van der Waals surface area contributed by atoms with Gasteiger partial charge in [0.05, 0.1) is 12.3 Å². The second-order valence-electron chi connectivity index (χ2n) is 4.55. The summed E-state index contributed by atoms with van der Waals surface area (Å²) in [7, 11) is 1.65. The second kappa shape index (κ2) is 6.44. The number of rotatable bonds is 3. The maximum atomic E-state index is 11.4. The van der Waals surface area contributed by atoms with Gasteiger partial charge in [0.2, 0.25) is 11.6 Å². The zero-order valence-electron chi connectivity index (χ0n) is 11.6. The smallest absolute Gasteiger partial charge is 0.242 e. The van der Waals surface area contributed by atoms with Crippen LogP contribution in [-0.2, 0) is 11.3 Å². The average Bonchev–Trinajstić information content (AvgIpc) is 2.52. The molecule has 1 aliphatic heterocycles. The Hall–Kier alpha value is -2.99. The van der Waals surface area contributed by atoms with Crippen LogP contribution in [0.4, 0.5) is 0 Å². The van der Waals surface area contributed by atoms with Crippen LogP contribution >= 0.6 is 0 Å². The first kappa shape index (κ1) is 14.4. The van der Waals surface area contributed by atoms with Crippen molar-refractivity contribution in [3.63, 3.8) is 0 Å². The molecule has 1 aromatic carbocycles. The molecular weight excluding hydrogens is 266 g/mol. The van der Waals surface area contributed by atoms with Crippen molar-refractivity contribution in [2.45, 2.75) is 19.4 Å². The van der Waals surface area contributed by atoms with E-state index in [0.717, 1.165) is 16.8 Å². The molecule has 0 fully saturated rings. The van der Waals surface area contributed by atoms with Gasteiger partial charge in [-0.05, 0) is 11.1 Å². The van der Waals surface area contributed by atoms with E-state index in [-0.39, 0.29) is 11.6 Å². The van der Waals surface area contributed by atoms with Crippen LogP contribution in [0.3, 0.4) is 0 Å². The summed E-state index contributed by atoms with van der Waals surface area (Å²) in [6, 6.07) is 11.0. The number of hydrogen-bond donors (Lipinski definition) is 0. The fourth-order valence-electron chi connectivity index (χ4n) is 1.94. The topological polar surface area (TPSA) is 92.6 Å². The lowest BCUT2D eigenvalue weighted by Crippen LogP contribution is -2.28. The van der Waals surface area contributed by atoms with Gasteiger partial charge in [-0.2, -0.15) is 15.6 Å². The summed E-state index contributed by atoms with van der Waals surface area (Å²) in [5.74, 6) is 0.0187. The van der Waals surface area contributed by atoms with E-state index in [1.165, 1.54) is 5.01 Å². The van der Waals surface area contributed by atoms with Gasteiger partial charge in [0.25, 0.3) is 0 Å². The van der Waals surface area contributed by atoms with E-state index in [4.69, 9.17) is 10.5 Å². The van der Waals surface area contributed by atoms with Crippen molar-refractivity contribution in [1.29, 1.82) is 10.5 Å². The number of nitrogens with zero attached hydrogens (tertiary/aromatic N) is 5. The minimum Gasteiger partial charge on any atom is -0.273 e. The van der Waals surface area contributed by atoms with Gasteiger partial charge >= 0.3 is 0 Å². The third-order valence-corrected chi connectivity index (χ3v) is 3.13. The van der Waals surface area contributed by atoms with Crippen LogP contribution in [0.15, 0.2) is 34.4 Å². The minimum atomic E-state index is -0.129. The number of carbonyl (C=O) groups excluding carboxylic acids is 1. The number of carbonyl (C=O) groups is 1. The molecule has 0 saturated carbocycles.